The number of anilines is 1. The number of thiazole rings is 1. The highest BCUT2D eigenvalue weighted by molar-refractivity contribution is 9.10. The highest BCUT2D eigenvalue weighted by Crippen LogP contribution is 2.34. The summed E-state index contributed by atoms with van der Waals surface area (Å²) in [5.41, 5.74) is 3.27. The van der Waals surface area contributed by atoms with Crippen LogP contribution in [-0.4, -0.2) is 43.0 Å². The van der Waals surface area contributed by atoms with Gasteiger partial charge < -0.3 is 9.32 Å². The SMILES string of the molecule is Cc1ccc(C)c2sc(N(CCCN(C)C)C(=O)c3ccc(Br)o3)nc12.Cl. The van der Waals surface area contributed by atoms with Crippen LogP contribution in [-0.2, 0) is 0 Å². The maximum absolute atomic E-state index is 13.0. The lowest BCUT2D eigenvalue weighted by molar-refractivity contribution is 0.0958. The molecule has 0 saturated carbocycles. The molecule has 1 aromatic carbocycles. The number of carbonyl (C=O) groups is 1. The average molecular weight is 473 g/mol. The summed E-state index contributed by atoms with van der Waals surface area (Å²) in [7, 11) is 4.06. The molecule has 0 aliphatic rings. The first kappa shape index (κ1) is 21.9. The average Bonchev–Trinajstić information content (AvgIpc) is 3.21. The molecule has 146 valence electrons. The molecular formula is C19H23BrClN3O2S. The van der Waals surface area contributed by atoms with Gasteiger partial charge in [0, 0.05) is 6.54 Å². The molecule has 3 rings (SSSR count). The van der Waals surface area contributed by atoms with Gasteiger partial charge in [0.05, 0.1) is 10.2 Å². The standard InChI is InChI=1S/C19H22BrN3O2S.ClH/c1-12-6-7-13(2)17-16(12)21-19(26-17)23(11-5-10-22(3)4)18(24)14-8-9-15(20)25-14;/h6-9H,5,10-11H2,1-4H3;1H. The van der Waals surface area contributed by atoms with Crippen LogP contribution in [0.4, 0.5) is 5.13 Å². The minimum Gasteiger partial charge on any atom is -0.444 e. The number of aromatic nitrogens is 1. The molecule has 1 amide bonds. The van der Waals surface area contributed by atoms with E-state index in [0.717, 1.165) is 28.7 Å². The fourth-order valence-corrected chi connectivity index (χ4v) is 4.20. The molecule has 0 atom stereocenters. The van der Waals surface area contributed by atoms with E-state index in [1.165, 1.54) is 5.56 Å². The Morgan fingerprint density at radius 3 is 2.44 bits per heavy atom. The summed E-state index contributed by atoms with van der Waals surface area (Å²) in [6.07, 6.45) is 0.856. The molecule has 0 bridgehead atoms. The molecule has 0 radical (unpaired) electrons. The first-order chi connectivity index (χ1) is 12.4. The topological polar surface area (TPSA) is 49.6 Å². The highest BCUT2D eigenvalue weighted by atomic mass is 79.9. The first-order valence-corrected chi connectivity index (χ1v) is 10.1. The molecule has 0 aliphatic carbocycles. The summed E-state index contributed by atoms with van der Waals surface area (Å²) in [6, 6.07) is 7.59. The molecule has 0 N–H and O–H groups in total. The number of halogens is 2. The predicted molar refractivity (Wildman–Crippen MR) is 118 cm³/mol. The van der Waals surface area contributed by atoms with E-state index >= 15 is 0 Å². The smallest absolute Gasteiger partial charge is 0.295 e. The largest absolute Gasteiger partial charge is 0.444 e. The predicted octanol–water partition coefficient (Wildman–Crippen LogP) is 5.29. The number of rotatable bonds is 6. The van der Waals surface area contributed by atoms with E-state index in [-0.39, 0.29) is 18.3 Å². The van der Waals surface area contributed by atoms with E-state index in [1.807, 2.05) is 21.0 Å². The molecule has 0 spiro atoms. The Morgan fingerprint density at radius 1 is 1.15 bits per heavy atom. The molecule has 0 saturated heterocycles. The van der Waals surface area contributed by atoms with Crippen LogP contribution in [0, 0.1) is 13.8 Å². The molecule has 5 nitrogen and oxygen atoms in total. The Morgan fingerprint density at radius 2 is 1.85 bits per heavy atom. The zero-order valence-electron chi connectivity index (χ0n) is 15.8. The van der Waals surface area contributed by atoms with Gasteiger partial charge in [-0.1, -0.05) is 23.5 Å². The second kappa shape index (κ2) is 9.19. The summed E-state index contributed by atoms with van der Waals surface area (Å²) >= 11 is 4.83. The van der Waals surface area contributed by atoms with Crippen LogP contribution in [0.15, 0.2) is 33.4 Å². The van der Waals surface area contributed by atoms with E-state index in [1.54, 1.807) is 28.4 Å². The second-order valence-corrected chi connectivity index (χ2v) is 8.35. The number of carbonyl (C=O) groups excluding carboxylic acids is 1. The Balaban J connectivity index is 0.00000261. The number of aryl methyl sites for hydroxylation is 2. The first-order valence-electron chi connectivity index (χ1n) is 8.45. The molecule has 2 aromatic heterocycles. The summed E-state index contributed by atoms with van der Waals surface area (Å²) in [5.74, 6) is 0.151. The van der Waals surface area contributed by atoms with Gasteiger partial charge in [-0.05, 0) is 80.1 Å². The van der Waals surface area contributed by atoms with Crippen molar-refractivity contribution in [3.05, 3.63) is 45.8 Å². The molecule has 27 heavy (non-hydrogen) atoms. The van der Waals surface area contributed by atoms with Gasteiger partial charge in [0.2, 0.25) is 0 Å². The van der Waals surface area contributed by atoms with Crippen LogP contribution in [0.25, 0.3) is 10.2 Å². The number of benzene rings is 1. The van der Waals surface area contributed by atoms with Gasteiger partial charge in [-0.15, -0.1) is 12.4 Å². The van der Waals surface area contributed by atoms with Crippen molar-refractivity contribution in [3.8, 4) is 0 Å². The molecular weight excluding hydrogens is 450 g/mol. The maximum Gasteiger partial charge on any atom is 0.295 e. The monoisotopic (exact) mass is 471 g/mol. The van der Waals surface area contributed by atoms with Gasteiger partial charge in [0.1, 0.15) is 0 Å². The van der Waals surface area contributed by atoms with Crippen LogP contribution < -0.4 is 4.90 Å². The van der Waals surface area contributed by atoms with E-state index in [0.29, 0.717) is 22.1 Å². The van der Waals surface area contributed by atoms with Gasteiger partial charge in [-0.3, -0.25) is 9.69 Å². The van der Waals surface area contributed by atoms with Crippen molar-refractivity contribution in [2.45, 2.75) is 20.3 Å². The van der Waals surface area contributed by atoms with Crippen LogP contribution in [0.3, 0.4) is 0 Å². The van der Waals surface area contributed by atoms with E-state index in [9.17, 15) is 4.79 Å². The number of fused-ring (bicyclic) bond motifs is 1. The van der Waals surface area contributed by atoms with Gasteiger partial charge in [-0.2, -0.15) is 0 Å². The minimum absolute atomic E-state index is 0. The van der Waals surface area contributed by atoms with Crippen molar-refractivity contribution in [2.24, 2.45) is 0 Å². The van der Waals surface area contributed by atoms with Gasteiger partial charge in [0.25, 0.3) is 5.91 Å². The zero-order valence-corrected chi connectivity index (χ0v) is 19.0. The van der Waals surface area contributed by atoms with Crippen molar-refractivity contribution in [3.63, 3.8) is 0 Å². The van der Waals surface area contributed by atoms with Gasteiger partial charge in [-0.25, -0.2) is 4.98 Å². The number of amides is 1. The molecule has 0 fully saturated rings. The zero-order chi connectivity index (χ0) is 18.8. The summed E-state index contributed by atoms with van der Waals surface area (Å²) < 4.78 is 7.17. The van der Waals surface area contributed by atoms with Crippen LogP contribution >= 0.6 is 39.7 Å². The Bertz CT molecular complexity index is 899. The van der Waals surface area contributed by atoms with Gasteiger partial charge >= 0.3 is 0 Å². The fourth-order valence-electron chi connectivity index (χ4n) is 2.75. The summed E-state index contributed by atoms with van der Waals surface area (Å²) in [5, 5.41) is 0.716. The number of hydrogen-bond acceptors (Lipinski definition) is 5. The lowest BCUT2D eigenvalue weighted by Crippen LogP contribution is -2.33. The molecule has 8 heteroatoms. The summed E-state index contributed by atoms with van der Waals surface area (Å²) in [4.78, 5) is 21.7. The van der Waals surface area contributed by atoms with Crippen molar-refractivity contribution >= 4 is 60.9 Å². The third-order valence-electron chi connectivity index (χ3n) is 4.18. The van der Waals surface area contributed by atoms with Crippen LogP contribution in [0.1, 0.15) is 28.1 Å². The van der Waals surface area contributed by atoms with E-state index < -0.39 is 0 Å². The molecule has 2 heterocycles. The van der Waals surface area contributed by atoms with Gasteiger partial charge in [0.15, 0.2) is 15.6 Å². The Kier molecular flexibility index (Phi) is 7.45. The third-order valence-corrected chi connectivity index (χ3v) is 5.82. The number of hydrogen-bond donors (Lipinski definition) is 0. The van der Waals surface area contributed by atoms with Crippen molar-refractivity contribution in [1.29, 1.82) is 0 Å². The Hall–Kier alpha value is -1.41. The van der Waals surface area contributed by atoms with Crippen molar-refractivity contribution in [2.75, 3.05) is 32.1 Å². The lowest BCUT2D eigenvalue weighted by Gasteiger charge is -2.19. The number of furan rings is 1. The maximum atomic E-state index is 13.0. The highest BCUT2D eigenvalue weighted by Gasteiger charge is 2.24. The van der Waals surface area contributed by atoms with Crippen LogP contribution in [0.5, 0.6) is 0 Å². The quantitative estimate of drug-likeness (QED) is 0.489. The molecule has 3 aromatic rings. The summed E-state index contributed by atoms with van der Waals surface area (Å²) in [6.45, 7) is 5.61. The second-order valence-electron chi connectivity index (χ2n) is 6.59. The van der Waals surface area contributed by atoms with Crippen molar-refractivity contribution in [1.82, 2.24) is 9.88 Å². The fraction of sp³-hybridized carbons (Fsp3) is 0.368. The minimum atomic E-state index is -0.163. The van der Waals surface area contributed by atoms with Crippen LogP contribution in [0.2, 0.25) is 0 Å². The molecule has 0 unspecified atom stereocenters. The third kappa shape index (κ3) is 4.90. The molecule has 0 aliphatic heterocycles. The van der Waals surface area contributed by atoms with E-state index in [2.05, 4.69) is 39.9 Å². The lowest BCUT2D eigenvalue weighted by atomic mass is 10.1. The van der Waals surface area contributed by atoms with Crippen molar-refractivity contribution < 1.29 is 9.21 Å². The van der Waals surface area contributed by atoms with E-state index in [4.69, 9.17) is 9.40 Å². The Labute approximate surface area is 177 Å². The normalized spacial score (nSPS) is 11.0. The number of nitrogens with zero attached hydrogens (tertiary/aromatic N) is 3.